The molecule has 0 fully saturated rings. The normalized spacial score (nSPS) is 16.6. The van der Waals surface area contributed by atoms with E-state index in [1.165, 1.54) is 0 Å². The van der Waals surface area contributed by atoms with Crippen LogP contribution in [0.3, 0.4) is 0 Å². The number of ether oxygens (including phenoxy) is 1. The Kier molecular flexibility index (Phi) is 4.36. The number of hydrogen-bond acceptors (Lipinski definition) is 2. The Labute approximate surface area is 98.8 Å². The van der Waals surface area contributed by atoms with Crippen molar-refractivity contribution in [3.63, 3.8) is 0 Å². The molecule has 0 aliphatic carbocycles. The van der Waals surface area contributed by atoms with Crippen molar-refractivity contribution < 1.29 is 4.74 Å². The van der Waals surface area contributed by atoms with Gasteiger partial charge in [-0.2, -0.15) is 0 Å². The molecule has 0 spiro atoms. The molecule has 0 bridgehead atoms. The van der Waals surface area contributed by atoms with Crippen molar-refractivity contribution in [1.29, 1.82) is 0 Å². The second kappa shape index (κ2) is 5.35. The molecule has 0 saturated heterocycles. The van der Waals surface area contributed by atoms with Crippen molar-refractivity contribution >= 4 is 0 Å². The van der Waals surface area contributed by atoms with Crippen LogP contribution in [0.2, 0.25) is 0 Å². The molecule has 0 amide bonds. The third-order valence-corrected chi connectivity index (χ3v) is 3.44. The molecular weight excluding hydrogens is 198 g/mol. The van der Waals surface area contributed by atoms with Crippen LogP contribution in [0.25, 0.3) is 0 Å². The van der Waals surface area contributed by atoms with E-state index in [2.05, 4.69) is 26.8 Å². The van der Waals surface area contributed by atoms with Gasteiger partial charge in [0.2, 0.25) is 0 Å². The minimum absolute atomic E-state index is 0.287. The van der Waals surface area contributed by atoms with E-state index in [1.807, 2.05) is 18.2 Å². The molecule has 2 atom stereocenters. The van der Waals surface area contributed by atoms with E-state index in [0.29, 0.717) is 5.92 Å². The molecule has 2 unspecified atom stereocenters. The average Bonchev–Trinajstić information content (AvgIpc) is 2.29. The molecule has 2 nitrogen and oxygen atoms in total. The molecule has 0 aliphatic heterocycles. The molecular formula is C14H23NO. The SMILES string of the molecule is CCCC(C)C(C)(N)c1cccc(OC)c1. The van der Waals surface area contributed by atoms with Crippen molar-refractivity contribution in [2.75, 3.05) is 7.11 Å². The van der Waals surface area contributed by atoms with Crippen molar-refractivity contribution in [3.8, 4) is 5.75 Å². The van der Waals surface area contributed by atoms with Crippen LogP contribution in [0.15, 0.2) is 24.3 Å². The summed E-state index contributed by atoms with van der Waals surface area (Å²) in [6.45, 7) is 6.50. The number of rotatable bonds is 5. The number of nitrogens with two attached hydrogens (primary N) is 1. The standard InChI is InChI=1S/C14H23NO/c1-5-7-11(2)14(3,15)12-8-6-9-13(10-12)16-4/h6,8-11H,5,7,15H2,1-4H3. The zero-order valence-electron chi connectivity index (χ0n) is 10.8. The second-order valence-electron chi connectivity index (χ2n) is 4.70. The van der Waals surface area contributed by atoms with Gasteiger partial charge in [0.05, 0.1) is 7.11 Å². The van der Waals surface area contributed by atoms with E-state index in [4.69, 9.17) is 10.5 Å². The van der Waals surface area contributed by atoms with Crippen molar-refractivity contribution in [2.45, 2.75) is 39.2 Å². The molecule has 0 heterocycles. The van der Waals surface area contributed by atoms with E-state index in [9.17, 15) is 0 Å². The fraction of sp³-hybridized carbons (Fsp3) is 0.571. The van der Waals surface area contributed by atoms with Gasteiger partial charge in [-0.1, -0.05) is 32.4 Å². The highest BCUT2D eigenvalue weighted by Gasteiger charge is 2.28. The number of hydrogen-bond donors (Lipinski definition) is 1. The minimum atomic E-state index is -0.287. The van der Waals surface area contributed by atoms with E-state index < -0.39 is 0 Å². The summed E-state index contributed by atoms with van der Waals surface area (Å²) in [4.78, 5) is 0. The lowest BCUT2D eigenvalue weighted by molar-refractivity contribution is 0.302. The lowest BCUT2D eigenvalue weighted by Gasteiger charge is -2.32. The summed E-state index contributed by atoms with van der Waals surface area (Å²) in [5, 5.41) is 0. The molecule has 2 N–H and O–H groups in total. The molecule has 0 saturated carbocycles. The zero-order chi connectivity index (χ0) is 12.2. The first kappa shape index (κ1) is 13.0. The molecule has 1 aromatic carbocycles. The first-order valence-corrected chi connectivity index (χ1v) is 5.95. The summed E-state index contributed by atoms with van der Waals surface area (Å²) in [5.41, 5.74) is 7.29. The maximum atomic E-state index is 6.44. The quantitative estimate of drug-likeness (QED) is 0.828. The largest absolute Gasteiger partial charge is 0.497 e. The Morgan fingerprint density at radius 3 is 2.69 bits per heavy atom. The molecule has 2 heteroatoms. The third-order valence-electron chi connectivity index (χ3n) is 3.44. The maximum absolute atomic E-state index is 6.44. The number of benzene rings is 1. The Morgan fingerprint density at radius 1 is 1.44 bits per heavy atom. The van der Waals surface area contributed by atoms with Gasteiger partial charge in [0.25, 0.3) is 0 Å². The van der Waals surface area contributed by atoms with E-state index in [0.717, 1.165) is 24.2 Å². The lowest BCUT2D eigenvalue weighted by atomic mass is 9.79. The topological polar surface area (TPSA) is 35.2 Å². The molecule has 1 aromatic rings. The summed E-state index contributed by atoms with van der Waals surface area (Å²) in [6, 6.07) is 8.06. The van der Waals surface area contributed by atoms with E-state index >= 15 is 0 Å². The van der Waals surface area contributed by atoms with E-state index in [-0.39, 0.29) is 5.54 Å². The lowest BCUT2D eigenvalue weighted by Crippen LogP contribution is -2.39. The summed E-state index contributed by atoms with van der Waals surface area (Å²) < 4.78 is 5.23. The maximum Gasteiger partial charge on any atom is 0.119 e. The van der Waals surface area contributed by atoms with Crippen LogP contribution < -0.4 is 10.5 Å². The summed E-state index contributed by atoms with van der Waals surface area (Å²) in [5.74, 6) is 1.34. The third kappa shape index (κ3) is 2.76. The van der Waals surface area contributed by atoms with Crippen LogP contribution >= 0.6 is 0 Å². The van der Waals surface area contributed by atoms with Crippen LogP contribution in [0.4, 0.5) is 0 Å². The van der Waals surface area contributed by atoms with Gasteiger partial charge < -0.3 is 10.5 Å². The first-order valence-electron chi connectivity index (χ1n) is 5.95. The van der Waals surface area contributed by atoms with Crippen LogP contribution in [0, 0.1) is 5.92 Å². The highest BCUT2D eigenvalue weighted by atomic mass is 16.5. The first-order chi connectivity index (χ1) is 7.52. The van der Waals surface area contributed by atoms with Crippen LogP contribution in [-0.2, 0) is 5.54 Å². The predicted octanol–water partition coefficient (Wildman–Crippen LogP) is 3.31. The van der Waals surface area contributed by atoms with E-state index in [1.54, 1.807) is 7.11 Å². The molecule has 1 rings (SSSR count). The van der Waals surface area contributed by atoms with Gasteiger partial charge in [-0.05, 0) is 37.0 Å². The Bertz CT molecular complexity index is 333. The van der Waals surface area contributed by atoms with Crippen molar-refractivity contribution in [1.82, 2.24) is 0 Å². The van der Waals surface area contributed by atoms with Crippen LogP contribution in [0.1, 0.15) is 39.2 Å². The monoisotopic (exact) mass is 221 g/mol. The van der Waals surface area contributed by atoms with Gasteiger partial charge in [0.1, 0.15) is 5.75 Å². The Balaban J connectivity index is 2.96. The summed E-state index contributed by atoms with van der Waals surface area (Å²) >= 11 is 0. The molecule has 0 aliphatic rings. The molecule has 16 heavy (non-hydrogen) atoms. The number of methoxy groups -OCH3 is 1. The zero-order valence-corrected chi connectivity index (χ0v) is 10.8. The minimum Gasteiger partial charge on any atom is -0.497 e. The summed E-state index contributed by atoms with van der Waals surface area (Å²) in [6.07, 6.45) is 2.31. The molecule has 90 valence electrons. The van der Waals surface area contributed by atoms with Gasteiger partial charge in [-0.25, -0.2) is 0 Å². The second-order valence-corrected chi connectivity index (χ2v) is 4.70. The fourth-order valence-corrected chi connectivity index (χ4v) is 1.98. The predicted molar refractivity (Wildman–Crippen MR) is 68.6 cm³/mol. The van der Waals surface area contributed by atoms with Gasteiger partial charge >= 0.3 is 0 Å². The highest BCUT2D eigenvalue weighted by molar-refractivity contribution is 5.33. The van der Waals surface area contributed by atoms with Gasteiger partial charge in [-0.15, -0.1) is 0 Å². The smallest absolute Gasteiger partial charge is 0.119 e. The van der Waals surface area contributed by atoms with Gasteiger partial charge in [-0.3, -0.25) is 0 Å². The fourth-order valence-electron chi connectivity index (χ4n) is 1.98. The summed E-state index contributed by atoms with van der Waals surface area (Å²) in [7, 11) is 1.68. The van der Waals surface area contributed by atoms with Crippen LogP contribution in [0.5, 0.6) is 5.75 Å². The Hall–Kier alpha value is -1.02. The van der Waals surface area contributed by atoms with Crippen LogP contribution in [-0.4, -0.2) is 7.11 Å². The molecule has 0 radical (unpaired) electrons. The molecule has 0 aromatic heterocycles. The van der Waals surface area contributed by atoms with Crippen molar-refractivity contribution in [2.24, 2.45) is 11.7 Å². The van der Waals surface area contributed by atoms with Crippen molar-refractivity contribution in [3.05, 3.63) is 29.8 Å². The average molecular weight is 221 g/mol. The Morgan fingerprint density at radius 2 is 2.12 bits per heavy atom. The van der Waals surface area contributed by atoms with Gasteiger partial charge in [0, 0.05) is 5.54 Å². The highest BCUT2D eigenvalue weighted by Crippen LogP contribution is 2.31. The van der Waals surface area contributed by atoms with Gasteiger partial charge in [0.15, 0.2) is 0 Å².